The molecular weight excluding hydrogens is 278 g/mol. The van der Waals surface area contributed by atoms with E-state index < -0.39 is 0 Å². The largest absolute Gasteiger partial charge is 0.493 e. The number of amides is 1. The van der Waals surface area contributed by atoms with E-state index in [1.807, 2.05) is 6.92 Å². The van der Waals surface area contributed by atoms with Crippen LogP contribution in [-0.4, -0.2) is 51.8 Å². The fourth-order valence-corrected chi connectivity index (χ4v) is 3.57. The van der Waals surface area contributed by atoms with Gasteiger partial charge in [0.25, 0.3) is 5.91 Å². The van der Waals surface area contributed by atoms with Crippen LogP contribution < -0.4 is 19.9 Å². The lowest BCUT2D eigenvalue weighted by atomic mass is 10.1. The monoisotopic (exact) mass is 305 g/mol. The molecule has 120 valence electrons. The SMILES string of the molecule is CNC(=O)[C@@H](C)[NH+]1CC[NH+](Cc2ccc3c(c2)CCO3)CC1. The number of fused-ring (bicyclic) bond motifs is 1. The summed E-state index contributed by atoms with van der Waals surface area (Å²) in [5.41, 5.74) is 2.76. The van der Waals surface area contributed by atoms with Crippen LogP contribution in [0.15, 0.2) is 18.2 Å². The van der Waals surface area contributed by atoms with Crippen LogP contribution >= 0.6 is 0 Å². The molecule has 22 heavy (non-hydrogen) atoms. The van der Waals surface area contributed by atoms with Crippen LogP contribution in [0, 0.1) is 0 Å². The zero-order valence-corrected chi connectivity index (χ0v) is 13.6. The first-order valence-electron chi connectivity index (χ1n) is 8.31. The van der Waals surface area contributed by atoms with Crippen molar-refractivity contribution in [2.24, 2.45) is 0 Å². The van der Waals surface area contributed by atoms with Crippen molar-refractivity contribution in [1.29, 1.82) is 0 Å². The topological polar surface area (TPSA) is 47.2 Å². The van der Waals surface area contributed by atoms with Crippen LogP contribution in [-0.2, 0) is 17.8 Å². The summed E-state index contributed by atoms with van der Waals surface area (Å²) in [7, 11) is 1.72. The second-order valence-corrected chi connectivity index (χ2v) is 6.46. The number of rotatable bonds is 4. The molecule has 2 aliphatic rings. The lowest BCUT2D eigenvalue weighted by molar-refractivity contribution is -1.02. The molecule has 1 aromatic carbocycles. The Labute approximate surface area is 132 Å². The summed E-state index contributed by atoms with van der Waals surface area (Å²) in [6, 6.07) is 6.68. The van der Waals surface area contributed by atoms with Gasteiger partial charge in [0.15, 0.2) is 6.04 Å². The zero-order valence-electron chi connectivity index (χ0n) is 13.6. The van der Waals surface area contributed by atoms with Crippen LogP contribution in [0.25, 0.3) is 0 Å². The fraction of sp³-hybridized carbons (Fsp3) is 0.588. The van der Waals surface area contributed by atoms with E-state index >= 15 is 0 Å². The van der Waals surface area contributed by atoms with Crippen molar-refractivity contribution in [2.45, 2.75) is 25.9 Å². The minimum Gasteiger partial charge on any atom is -0.493 e. The predicted molar refractivity (Wildman–Crippen MR) is 84.3 cm³/mol. The number of carbonyl (C=O) groups is 1. The van der Waals surface area contributed by atoms with E-state index in [4.69, 9.17) is 4.74 Å². The highest BCUT2D eigenvalue weighted by molar-refractivity contribution is 5.79. The van der Waals surface area contributed by atoms with Gasteiger partial charge >= 0.3 is 0 Å². The molecule has 0 aliphatic carbocycles. The number of piperazine rings is 1. The number of quaternary nitrogens is 2. The Morgan fingerprint density at radius 3 is 2.82 bits per heavy atom. The van der Waals surface area contributed by atoms with Crippen molar-refractivity contribution < 1.29 is 19.3 Å². The summed E-state index contributed by atoms with van der Waals surface area (Å²) >= 11 is 0. The Hall–Kier alpha value is -1.59. The second kappa shape index (κ2) is 6.67. The summed E-state index contributed by atoms with van der Waals surface area (Å²) in [5.74, 6) is 1.21. The Balaban J connectivity index is 1.53. The molecule has 0 bridgehead atoms. The number of hydrogen-bond acceptors (Lipinski definition) is 2. The average molecular weight is 305 g/mol. The highest BCUT2D eigenvalue weighted by Crippen LogP contribution is 2.25. The predicted octanol–water partition coefficient (Wildman–Crippen LogP) is -1.96. The molecule has 1 aromatic rings. The van der Waals surface area contributed by atoms with Crippen LogP contribution in [0.5, 0.6) is 5.75 Å². The van der Waals surface area contributed by atoms with Crippen LogP contribution in [0.2, 0.25) is 0 Å². The van der Waals surface area contributed by atoms with Crippen molar-refractivity contribution in [2.75, 3.05) is 39.8 Å². The molecule has 1 amide bonds. The third-order valence-electron chi connectivity index (χ3n) is 5.06. The minimum absolute atomic E-state index is 0.0590. The fourth-order valence-electron chi connectivity index (χ4n) is 3.57. The van der Waals surface area contributed by atoms with Gasteiger partial charge in [-0.05, 0) is 30.7 Å². The van der Waals surface area contributed by atoms with Crippen LogP contribution in [0.3, 0.4) is 0 Å². The molecule has 0 spiro atoms. The number of hydrogen-bond donors (Lipinski definition) is 3. The van der Waals surface area contributed by atoms with Gasteiger partial charge in [0.2, 0.25) is 0 Å². The van der Waals surface area contributed by atoms with E-state index in [0.29, 0.717) is 0 Å². The average Bonchev–Trinajstić information content (AvgIpc) is 3.02. The van der Waals surface area contributed by atoms with Crippen molar-refractivity contribution in [3.63, 3.8) is 0 Å². The quantitative estimate of drug-likeness (QED) is 0.605. The van der Waals surface area contributed by atoms with Gasteiger partial charge in [0.1, 0.15) is 38.5 Å². The molecule has 0 saturated carbocycles. The molecule has 3 N–H and O–H groups in total. The van der Waals surface area contributed by atoms with E-state index in [1.54, 1.807) is 11.9 Å². The molecule has 5 heteroatoms. The van der Waals surface area contributed by atoms with E-state index in [9.17, 15) is 4.79 Å². The first-order valence-corrected chi connectivity index (χ1v) is 8.31. The van der Waals surface area contributed by atoms with Gasteiger partial charge in [0.05, 0.1) is 6.61 Å². The van der Waals surface area contributed by atoms with E-state index in [0.717, 1.165) is 51.5 Å². The number of carbonyl (C=O) groups excluding carboxylic acids is 1. The molecule has 0 aromatic heterocycles. The molecule has 0 radical (unpaired) electrons. The van der Waals surface area contributed by atoms with E-state index in [-0.39, 0.29) is 11.9 Å². The first kappa shape index (κ1) is 15.3. The highest BCUT2D eigenvalue weighted by Gasteiger charge is 2.30. The second-order valence-electron chi connectivity index (χ2n) is 6.46. The van der Waals surface area contributed by atoms with Gasteiger partial charge in [-0.15, -0.1) is 0 Å². The molecule has 1 saturated heterocycles. The van der Waals surface area contributed by atoms with Gasteiger partial charge < -0.3 is 19.9 Å². The van der Waals surface area contributed by atoms with Crippen molar-refractivity contribution >= 4 is 5.91 Å². The number of benzene rings is 1. The summed E-state index contributed by atoms with van der Waals surface area (Å²) in [6.07, 6.45) is 1.04. The van der Waals surface area contributed by atoms with E-state index in [1.165, 1.54) is 16.0 Å². The lowest BCUT2D eigenvalue weighted by Gasteiger charge is -2.32. The van der Waals surface area contributed by atoms with Crippen molar-refractivity contribution in [1.82, 2.24) is 5.32 Å². The molecular formula is C17H27N3O2+2. The van der Waals surface area contributed by atoms with Gasteiger partial charge in [-0.25, -0.2) is 0 Å². The smallest absolute Gasteiger partial charge is 0.277 e. The normalized spacial score (nSPS) is 25.2. The molecule has 0 unspecified atom stereocenters. The Kier molecular flexibility index (Phi) is 4.64. The van der Waals surface area contributed by atoms with Gasteiger partial charge in [0, 0.05) is 19.0 Å². The lowest BCUT2D eigenvalue weighted by Crippen LogP contribution is -3.29. The summed E-state index contributed by atoms with van der Waals surface area (Å²) < 4.78 is 5.57. The molecule has 1 fully saturated rings. The standard InChI is InChI=1S/C17H25N3O2/c1-13(17(21)18-2)20-8-6-19(7-9-20)12-14-3-4-16-15(11-14)5-10-22-16/h3-4,11,13H,5-10,12H2,1-2H3,(H,18,21)/p+2/t13-/m1/s1. The number of nitrogens with one attached hydrogen (secondary N) is 3. The van der Waals surface area contributed by atoms with Crippen LogP contribution in [0.4, 0.5) is 0 Å². The summed E-state index contributed by atoms with van der Waals surface area (Å²) in [4.78, 5) is 14.8. The third-order valence-corrected chi connectivity index (χ3v) is 5.06. The van der Waals surface area contributed by atoms with Crippen molar-refractivity contribution in [3.8, 4) is 5.75 Å². The molecule has 1 atom stereocenters. The Morgan fingerprint density at radius 2 is 2.09 bits per heavy atom. The minimum atomic E-state index is 0.0590. The van der Waals surface area contributed by atoms with Gasteiger partial charge in [-0.1, -0.05) is 0 Å². The molecule has 2 heterocycles. The van der Waals surface area contributed by atoms with E-state index in [2.05, 4.69) is 23.5 Å². The first-order chi connectivity index (χ1) is 10.7. The summed E-state index contributed by atoms with van der Waals surface area (Å²) in [5, 5.41) is 2.76. The number of ether oxygens (including phenoxy) is 1. The molecule has 5 nitrogen and oxygen atoms in total. The maximum absolute atomic E-state index is 11.7. The molecule has 3 rings (SSSR count). The van der Waals surface area contributed by atoms with Gasteiger partial charge in [-0.3, -0.25) is 4.79 Å². The number of likely N-dealkylation sites (N-methyl/N-ethyl adjacent to an activating group) is 1. The van der Waals surface area contributed by atoms with Crippen molar-refractivity contribution in [3.05, 3.63) is 29.3 Å². The maximum Gasteiger partial charge on any atom is 0.277 e. The van der Waals surface area contributed by atoms with Crippen LogP contribution in [0.1, 0.15) is 18.1 Å². The Morgan fingerprint density at radius 1 is 1.32 bits per heavy atom. The third kappa shape index (κ3) is 3.25. The highest BCUT2D eigenvalue weighted by atomic mass is 16.5. The maximum atomic E-state index is 11.7. The van der Waals surface area contributed by atoms with Gasteiger partial charge in [-0.2, -0.15) is 0 Å². The molecule has 2 aliphatic heterocycles. The Bertz CT molecular complexity index is 539. The summed E-state index contributed by atoms with van der Waals surface area (Å²) in [6.45, 7) is 8.32. The zero-order chi connectivity index (χ0) is 15.5.